The van der Waals surface area contributed by atoms with E-state index in [1.807, 2.05) is 24.3 Å². The fourth-order valence-corrected chi connectivity index (χ4v) is 2.29. The molecule has 0 fully saturated rings. The molecule has 0 aliphatic heterocycles. The predicted octanol–water partition coefficient (Wildman–Crippen LogP) is 2.01. The quantitative estimate of drug-likeness (QED) is 0.505. The monoisotopic (exact) mass is 278 g/mol. The summed E-state index contributed by atoms with van der Waals surface area (Å²) in [6, 6.07) is 7.33. The molecule has 0 spiro atoms. The highest BCUT2D eigenvalue weighted by Gasteiger charge is 2.37. The summed E-state index contributed by atoms with van der Waals surface area (Å²) in [4.78, 5) is 12.2. The number of nitrogens with two attached hydrogens (primary N) is 1. The molecule has 0 radical (unpaired) electrons. The molecule has 1 aromatic carbocycles. The van der Waals surface area contributed by atoms with Crippen LogP contribution < -0.4 is 16.0 Å². The number of rotatable bonds is 3. The van der Waals surface area contributed by atoms with Gasteiger partial charge in [0.15, 0.2) is 0 Å². The topological polar surface area (TPSA) is 64.3 Å². The van der Waals surface area contributed by atoms with Gasteiger partial charge >= 0.3 is 0 Å². The number of amides is 1. The van der Waals surface area contributed by atoms with Crippen molar-refractivity contribution in [3.63, 3.8) is 0 Å². The molecule has 5 heteroatoms. The van der Waals surface area contributed by atoms with Gasteiger partial charge in [0.2, 0.25) is 5.91 Å². The van der Waals surface area contributed by atoms with E-state index in [0.717, 1.165) is 11.3 Å². The van der Waals surface area contributed by atoms with Crippen LogP contribution >= 0.6 is 11.6 Å². The molecule has 0 saturated heterocycles. The Morgan fingerprint density at radius 1 is 1.42 bits per heavy atom. The summed E-state index contributed by atoms with van der Waals surface area (Å²) < 4.78 is 5.12. The number of halogens is 1. The molecule has 1 unspecified atom stereocenters. The Balaban J connectivity index is 2.44. The zero-order valence-corrected chi connectivity index (χ0v) is 11.3. The minimum atomic E-state index is -0.820. The molecule has 19 heavy (non-hydrogen) atoms. The van der Waals surface area contributed by atoms with Crippen molar-refractivity contribution in [2.24, 2.45) is 5.84 Å². The normalized spacial score (nSPS) is 21.7. The zero-order chi connectivity index (χ0) is 13.9. The van der Waals surface area contributed by atoms with E-state index in [1.165, 1.54) is 0 Å². The van der Waals surface area contributed by atoms with Crippen LogP contribution in [0.2, 0.25) is 0 Å². The van der Waals surface area contributed by atoms with Crippen molar-refractivity contribution in [3.05, 3.63) is 53.1 Å². The second-order valence-corrected chi connectivity index (χ2v) is 4.74. The van der Waals surface area contributed by atoms with Gasteiger partial charge in [-0.25, -0.2) is 5.84 Å². The molecule has 100 valence electrons. The molecular formula is C14H15ClN2O2. The standard InChI is InChI=1S/C14H15ClN2O2/c1-19-12-4-2-10(3-5-12)14(13(18)17-16)8-6-11(15)7-9-14/h2-8H,9,16H2,1H3,(H,17,18). The summed E-state index contributed by atoms with van der Waals surface area (Å²) in [5.74, 6) is 5.77. The first-order valence-electron chi connectivity index (χ1n) is 5.83. The van der Waals surface area contributed by atoms with E-state index in [-0.39, 0.29) is 5.91 Å². The average molecular weight is 279 g/mol. The Bertz CT molecular complexity index is 537. The van der Waals surface area contributed by atoms with Gasteiger partial charge in [-0.2, -0.15) is 0 Å². The van der Waals surface area contributed by atoms with Crippen molar-refractivity contribution in [2.75, 3.05) is 7.11 Å². The summed E-state index contributed by atoms with van der Waals surface area (Å²) in [7, 11) is 1.60. The highest BCUT2D eigenvalue weighted by atomic mass is 35.5. The maximum atomic E-state index is 12.2. The van der Waals surface area contributed by atoms with Crippen LogP contribution in [0.15, 0.2) is 47.5 Å². The van der Waals surface area contributed by atoms with E-state index < -0.39 is 5.41 Å². The van der Waals surface area contributed by atoms with Crippen LogP contribution in [0.3, 0.4) is 0 Å². The zero-order valence-electron chi connectivity index (χ0n) is 10.5. The summed E-state index contributed by atoms with van der Waals surface area (Å²) in [5, 5.41) is 0.619. The molecule has 2 rings (SSSR count). The Morgan fingerprint density at radius 3 is 2.58 bits per heavy atom. The van der Waals surface area contributed by atoms with Crippen LogP contribution in [-0.2, 0) is 10.2 Å². The van der Waals surface area contributed by atoms with Crippen molar-refractivity contribution in [2.45, 2.75) is 11.8 Å². The number of carbonyl (C=O) groups is 1. The number of methoxy groups -OCH3 is 1. The number of benzene rings is 1. The van der Waals surface area contributed by atoms with Crippen LogP contribution in [0, 0.1) is 0 Å². The van der Waals surface area contributed by atoms with Gasteiger partial charge in [-0.3, -0.25) is 10.2 Å². The number of carbonyl (C=O) groups excluding carboxylic acids is 1. The lowest BCUT2D eigenvalue weighted by Gasteiger charge is -2.30. The fourth-order valence-electron chi connectivity index (χ4n) is 2.15. The number of nitrogens with one attached hydrogen (secondary N) is 1. The first-order valence-corrected chi connectivity index (χ1v) is 6.20. The second-order valence-electron chi connectivity index (χ2n) is 4.30. The molecule has 4 nitrogen and oxygen atoms in total. The smallest absolute Gasteiger partial charge is 0.248 e. The van der Waals surface area contributed by atoms with Crippen LogP contribution in [0.4, 0.5) is 0 Å². The van der Waals surface area contributed by atoms with Crippen LogP contribution in [0.5, 0.6) is 5.75 Å². The average Bonchev–Trinajstić information content (AvgIpc) is 2.47. The Hall–Kier alpha value is -1.78. The number of ether oxygens (including phenoxy) is 1. The Labute approximate surface area is 116 Å². The summed E-state index contributed by atoms with van der Waals surface area (Å²) >= 11 is 5.92. The molecule has 3 N–H and O–H groups in total. The van der Waals surface area contributed by atoms with Gasteiger partial charge in [-0.05, 0) is 30.2 Å². The summed E-state index contributed by atoms with van der Waals surface area (Å²) in [5.41, 5.74) is 2.24. The van der Waals surface area contributed by atoms with Gasteiger partial charge in [0.25, 0.3) is 0 Å². The summed E-state index contributed by atoms with van der Waals surface area (Å²) in [6.45, 7) is 0. The number of hydrogen-bond acceptors (Lipinski definition) is 3. The molecular weight excluding hydrogens is 264 g/mol. The van der Waals surface area contributed by atoms with Crippen molar-refractivity contribution in [1.29, 1.82) is 0 Å². The van der Waals surface area contributed by atoms with Crippen LogP contribution in [0.25, 0.3) is 0 Å². The van der Waals surface area contributed by atoms with Gasteiger partial charge < -0.3 is 4.74 Å². The first kappa shape index (κ1) is 13.6. The SMILES string of the molecule is COc1ccc(C2(C(=O)NN)C=CC(Cl)=CC2)cc1. The van der Waals surface area contributed by atoms with Gasteiger partial charge in [0.1, 0.15) is 5.75 Å². The van der Waals surface area contributed by atoms with Crippen LogP contribution in [-0.4, -0.2) is 13.0 Å². The maximum absolute atomic E-state index is 12.2. The van der Waals surface area contributed by atoms with E-state index in [1.54, 1.807) is 25.3 Å². The van der Waals surface area contributed by atoms with E-state index in [4.69, 9.17) is 22.2 Å². The minimum absolute atomic E-state index is 0.269. The van der Waals surface area contributed by atoms with Crippen molar-refractivity contribution < 1.29 is 9.53 Å². The molecule has 1 amide bonds. The van der Waals surface area contributed by atoms with E-state index >= 15 is 0 Å². The third kappa shape index (κ3) is 2.50. The Kier molecular flexibility index (Phi) is 3.93. The Morgan fingerprint density at radius 2 is 2.11 bits per heavy atom. The first-order chi connectivity index (χ1) is 9.12. The van der Waals surface area contributed by atoms with E-state index in [0.29, 0.717) is 11.5 Å². The van der Waals surface area contributed by atoms with Gasteiger partial charge in [0.05, 0.1) is 12.5 Å². The van der Waals surface area contributed by atoms with Gasteiger partial charge in [-0.15, -0.1) is 0 Å². The second kappa shape index (κ2) is 5.47. The lowest BCUT2D eigenvalue weighted by atomic mass is 9.74. The molecule has 0 aromatic heterocycles. The van der Waals surface area contributed by atoms with Crippen molar-refractivity contribution >= 4 is 17.5 Å². The highest BCUT2D eigenvalue weighted by molar-refractivity contribution is 6.31. The molecule has 0 bridgehead atoms. The number of hydrogen-bond donors (Lipinski definition) is 2. The van der Waals surface area contributed by atoms with E-state index in [2.05, 4.69) is 5.43 Å². The van der Waals surface area contributed by atoms with Gasteiger partial charge in [0, 0.05) is 5.03 Å². The lowest BCUT2D eigenvalue weighted by Crippen LogP contribution is -2.46. The van der Waals surface area contributed by atoms with Crippen molar-refractivity contribution in [1.82, 2.24) is 5.43 Å². The lowest BCUT2D eigenvalue weighted by molar-refractivity contribution is -0.125. The molecule has 1 aliphatic rings. The fraction of sp³-hybridized carbons (Fsp3) is 0.214. The van der Waals surface area contributed by atoms with Crippen LogP contribution in [0.1, 0.15) is 12.0 Å². The largest absolute Gasteiger partial charge is 0.497 e. The molecule has 0 saturated carbocycles. The predicted molar refractivity (Wildman–Crippen MR) is 74.7 cm³/mol. The molecule has 1 atom stereocenters. The highest BCUT2D eigenvalue weighted by Crippen LogP contribution is 2.35. The third-order valence-corrected chi connectivity index (χ3v) is 3.57. The number of hydrazine groups is 1. The summed E-state index contributed by atoms with van der Waals surface area (Å²) in [6.07, 6.45) is 5.77. The maximum Gasteiger partial charge on any atom is 0.248 e. The number of allylic oxidation sites excluding steroid dienone is 3. The van der Waals surface area contributed by atoms with E-state index in [9.17, 15) is 4.79 Å². The third-order valence-electron chi connectivity index (χ3n) is 3.29. The molecule has 1 aliphatic carbocycles. The van der Waals surface area contributed by atoms with Crippen molar-refractivity contribution in [3.8, 4) is 5.75 Å². The molecule has 0 heterocycles. The minimum Gasteiger partial charge on any atom is -0.497 e. The van der Waals surface area contributed by atoms with Gasteiger partial charge in [-0.1, -0.05) is 35.9 Å². The molecule has 1 aromatic rings.